The van der Waals surface area contributed by atoms with Gasteiger partial charge in [0.2, 0.25) is 59.1 Å². The number of rotatable bonds is 31. The van der Waals surface area contributed by atoms with E-state index in [1.807, 2.05) is 0 Å². The van der Waals surface area contributed by atoms with Crippen LogP contribution in [-0.4, -0.2) is 160 Å². The normalized spacial score (nSPS) is 17.5. The minimum Gasteiger partial charge on any atom is -0.480 e. The van der Waals surface area contributed by atoms with E-state index < -0.39 is 145 Å². The predicted molar refractivity (Wildman–Crippen MR) is 240 cm³/mol. The highest BCUT2D eigenvalue weighted by molar-refractivity contribution is 7.80. The molecule has 0 bridgehead atoms. The van der Waals surface area contributed by atoms with Gasteiger partial charge in [-0.15, -0.1) is 0 Å². The third-order valence-electron chi connectivity index (χ3n) is 11.1. The van der Waals surface area contributed by atoms with E-state index in [4.69, 9.17) is 28.0 Å². The quantitative estimate of drug-likeness (QED) is 0.0228. The SMILES string of the molecule is CC[C@H](C)[C@H](NC(=O)CNC(=O)[C@@H](N)CO)C(=O)N[C@@H](CC(N)=O)C(=O)N[C@@H](CS)C(=O)N1CCC[C@H]1C(=O)N[C@H](C(=O)N[C@@H](CCC(N)=O)C(=O)N[C@@H](CCCCN)C(=O)O)[C@@H](C)CC. The number of primary amides is 2. The van der Waals surface area contributed by atoms with E-state index >= 15 is 0 Å². The number of nitrogens with zero attached hydrogens (tertiary/aromatic N) is 1. The van der Waals surface area contributed by atoms with E-state index in [0.717, 1.165) is 0 Å². The van der Waals surface area contributed by atoms with Gasteiger partial charge in [0, 0.05) is 18.7 Å². The van der Waals surface area contributed by atoms with Crippen molar-refractivity contribution in [1.29, 1.82) is 0 Å². The van der Waals surface area contributed by atoms with Crippen LogP contribution in [0.4, 0.5) is 0 Å². The van der Waals surface area contributed by atoms with Crippen molar-refractivity contribution in [2.45, 2.75) is 140 Å². The van der Waals surface area contributed by atoms with Crippen LogP contribution in [0.25, 0.3) is 0 Å². The molecule has 0 aliphatic carbocycles. The Bertz CT molecular complexity index is 1730. The monoisotopic (exact) mass is 958 g/mol. The van der Waals surface area contributed by atoms with Gasteiger partial charge in [-0.3, -0.25) is 47.9 Å². The average molecular weight is 959 g/mol. The minimum atomic E-state index is -1.65. The molecule has 0 aromatic rings. The number of carboxylic acid groups (broad SMARTS) is 1. The van der Waals surface area contributed by atoms with Crippen LogP contribution in [0.5, 0.6) is 0 Å². The molecule has 1 aliphatic heterocycles. The molecule has 1 rings (SSSR count). The van der Waals surface area contributed by atoms with Crippen LogP contribution in [-0.2, 0) is 52.7 Å². The molecule has 374 valence electrons. The second-order valence-corrected chi connectivity index (χ2v) is 16.6. The van der Waals surface area contributed by atoms with E-state index in [2.05, 4.69) is 49.8 Å². The summed E-state index contributed by atoms with van der Waals surface area (Å²) >= 11 is 4.23. The standard InChI is InChI=1S/C40H70N12O13S/c1-5-20(3)31(50-30(56)17-45-33(57)22(42)18-53)37(61)48-25(16-29(44)55)35(59)49-26(19-66)39(63)52-15-9-11-27(52)36(60)51-32(21(4)6-2)38(62)46-23(12-13-28(43)54)34(58)47-24(40(64)65)10-7-8-14-41/h20-27,31-32,53,66H,5-19,41-42H2,1-4H3,(H2,43,54)(H2,44,55)(H,45,57)(H,46,62)(H,47,58)(H,48,61)(H,49,59)(H,50,56)(H,51,60)(H,64,65)/t20-,21-,22-,23-,24-,25-,26-,27-,31-,32-/m0/s1. The number of amides is 10. The molecule has 0 aromatic heterocycles. The van der Waals surface area contributed by atoms with Crippen LogP contribution < -0.4 is 60.2 Å². The number of aliphatic hydroxyl groups excluding tert-OH is 1. The van der Waals surface area contributed by atoms with Crippen molar-refractivity contribution in [1.82, 2.24) is 42.1 Å². The molecule has 0 radical (unpaired) electrons. The molecule has 0 unspecified atom stereocenters. The first kappa shape index (κ1) is 58.4. The molecule has 10 atom stereocenters. The number of carboxylic acids is 1. The number of aliphatic hydroxyl groups is 1. The molecule has 26 heteroatoms. The van der Waals surface area contributed by atoms with Crippen molar-refractivity contribution in [2.75, 3.05) is 32.0 Å². The molecule has 10 amide bonds. The number of carbonyl (C=O) groups is 11. The summed E-state index contributed by atoms with van der Waals surface area (Å²) in [6.07, 6.45) is 0.778. The number of hydrogen-bond acceptors (Lipinski definition) is 15. The van der Waals surface area contributed by atoms with Gasteiger partial charge in [0.25, 0.3) is 0 Å². The Morgan fingerprint density at radius 3 is 1.77 bits per heavy atom. The summed E-state index contributed by atoms with van der Waals surface area (Å²) in [5.74, 6) is -11.3. The lowest BCUT2D eigenvalue weighted by atomic mass is 9.96. The summed E-state index contributed by atoms with van der Waals surface area (Å²) in [5.41, 5.74) is 21.7. The fourth-order valence-electron chi connectivity index (χ4n) is 6.73. The van der Waals surface area contributed by atoms with Crippen LogP contribution in [0.1, 0.15) is 91.9 Å². The van der Waals surface area contributed by atoms with Crippen LogP contribution in [0.3, 0.4) is 0 Å². The van der Waals surface area contributed by atoms with Crippen LogP contribution >= 0.6 is 12.6 Å². The highest BCUT2D eigenvalue weighted by Crippen LogP contribution is 2.21. The van der Waals surface area contributed by atoms with Gasteiger partial charge in [-0.2, -0.15) is 12.6 Å². The van der Waals surface area contributed by atoms with E-state index in [9.17, 15) is 57.8 Å². The largest absolute Gasteiger partial charge is 0.480 e. The number of nitrogens with two attached hydrogens (primary N) is 4. The van der Waals surface area contributed by atoms with E-state index in [0.29, 0.717) is 38.6 Å². The zero-order valence-corrected chi connectivity index (χ0v) is 38.9. The Labute approximate surface area is 388 Å². The number of thiol groups is 1. The zero-order valence-electron chi connectivity index (χ0n) is 38.0. The van der Waals surface area contributed by atoms with E-state index in [-0.39, 0.29) is 38.0 Å². The minimum absolute atomic E-state index is 0.0484. The highest BCUT2D eigenvalue weighted by Gasteiger charge is 2.41. The Morgan fingerprint density at radius 2 is 1.26 bits per heavy atom. The van der Waals surface area contributed by atoms with Gasteiger partial charge in [-0.25, -0.2) is 4.79 Å². The topological polar surface area (TPSA) is 420 Å². The maximum Gasteiger partial charge on any atom is 0.326 e. The molecular weight excluding hydrogens is 889 g/mol. The molecule has 25 nitrogen and oxygen atoms in total. The molecule has 1 saturated heterocycles. The number of aliphatic carboxylic acids is 1. The predicted octanol–water partition coefficient (Wildman–Crippen LogP) is -5.30. The summed E-state index contributed by atoms with van der Waals surface area (Å²) in [6, 6.07) is -10.8. The Kier molecular flexibility index (Phi) is 26.4. The van der Waals surface area contributed by atoms with Crippen molar-refractivity contribution < 1.29 is 63.0 Å². The summed E-state index contributed by atoms with van der Waals surface area (Å²) in [7, 11) is 0. The molecular formula is C40H70N12O13S. The molecule has 17 N–H and O–H groups in total. The third kappa shape index (κ3) is 19.5. The van der Waals surface area contributed by atoms with Crippen molar-refractivity contribution >= 4 is 77.7 Å². The van der Waals surface area contributed by atoms with Crippen molar-refractivity contribution in [3.8, 4) is 0 Å². The van der Waals surface area contributed by atoms with Gasteiger partial charge in [-0.1, -0.05) is 40.5 Å². The first-order chi connectivity index (χ1) is 31.1. The highest BCUT2D eigenvalue weighted by atomic mass is 32.1. The smallest absolute Gasteiger partial charge is 0.326 e. The third-order valence-corrected chi connectivity index (χ3v) is 11.5. The zero-order chi connectivity index (χ0) is 50.3. The summed E-state index contributed by atoms with van der Waals surface area (Å²) in [4.78, 5) is 144. The lowest BCUT2D eigenvalue weighted by Gasteiger charge is -2.32. The second-order valence-electron chi connectivity index (χ2n) is 16.2. The van der Waals surface area contributed by atoms with Gasteiger partial charge in [0.15, 0.2) is 0 Å². The number of nitrogens with one attached hydrogen (secondary N) is 7. The van der Waals surface area contributed by atoms with Gasteiger partial charge >= 0.3 is 5.97 Å². The maximum atomic E-state index is 14.0. The van der Waals surface area contributed by atoms with Crippen molar-refractivity contribution in [3.05, 3.63) is 0 Å². The molecule has 1 aliphatic rings. The summed E-state index contributed by atoms with van der Waals surface area (Å²) in [6.45, 7) is 5.82. The first-order valence-corrected chi connectivity index (χ1v) is 22.6. The fraction of sp³-hybridized carbons (Fsp3) is 0.725. The Morgan fingerprint density at radius 1 is 0.712 bits per heavy atom. The number of carbonyl (C=O) groups excluding carboxylic acids is 10. The number of unbranched alkanes of at least 4 members (excludes halogenated alkanes) is 1. The van der Waals surface area contributed by atoms with Gasteiger partial charge in [-0.05, 0) is 56.9 Å². The lowest BCUT2D eigenvalue weighted by molar-refractivity contribution is -0.143. The van der Waals surface area contributed by atoms with Crippen LogP contribution in [0.15, 0.2) is 0 Å². The molecule has 66 heavy (non-hydrogen) atoms. The van der Waals surface area contributed by atoms with E-state index in [1.165, 1.54) is 4.90 Å². The summed E-state index contributed by atoms with van der Waals surface area (Å²) in [5, 5.41) is 35.8. The Hall–Kier alpha value is -5.60. The average Bonchev–Trinajstić information content (AvgIpc) is 3.78. The number of hydrogen-bond donors (Lipinski definition) is 14. The van der Waals surface area contributed by atoms with Gasteiger partial charge < -0.3 is 75.3 Å². The van der Waals surface area contributed by atoms with E-state index in [1.54, 1.807) is 27.7 Å². The van der Waals surface area contributed by atoms with Crippen LogP contribution in [0, 0.1) is 11.8 Å². The van der Waals surface area contributed by atoms with Crippen LogP contribution in [0.2, 0.25) is 0 Å². The first-order valence-electron chi connectivity index (χ1n) is 21.9. The molecule has 1 heterocycles. The van der Waals surface area contributed by atoms with Crippen molar-refractivity contribution in [3.63, 3.8) is 0 Å². The number of likely N-dealkylation sites (tertiary alicyclic amines) is 1. The molecule has 0 spiro atoms. The molecule has 0 aromatic carbocycles. The van der Waals surface area contributed by atoms with Gasteiger partial charge in [0.05, 0.1) is 19.6 Å². The summed E-state index contributed by atoms with van der Waals surface area (Å²) < 4.78 is 0. The Balaban J connectivity index is 3.25. The molecule has 1 fully saturated rings. The second kappa shape index (κ2) is 29.8. The fourth-order valence-corrected chi connectivity index (χ4v) is 6.98. The van der Waals surface area contributed by atoms with Gasteiger partial charge in [0.1, 0.15) is 48.3 Å². The van der Waals surface area contributed by atoms with Crippen molar-refractivity contribution in [2.24, 2.45) is 34.8 Å². The lowest BCUT2D eigenvalue weighted by Crippen LogP contribution is -2.61. The maximum absolute atomic E-state index is 14.0. The molecule has 0 saturated carbocycles.